The molecule has 0 saturated carbocycles. The maximum atomic E-state index is 12.5. The molecule has 0 radical (unpaired) electrons. The van der Waals surface area contributed by atoms with E-state index in [-0.39, 0.29) is 5.56 Å². The fourth-order valence-electron chi connectivity index (χ4n) is 3.82. The van der Waals surface area contributed by atoms with Gasteiger partial charge in [0.1, 0.15) is 18.9 Å². The van der Waals surface area contributed by atoms with Gasteiger partial charge < -0.3 is 9.47 Å². The van der Waals surface area contributed by atoms with Gasteiger partial charge in [0.15, 0.2) is 11.5 Å². The molecule has 3 aromatic rings. The van der Waals surface area contributed by atoms with E-state index in [9.17, 15) is 9.59 Å². The largest absolute Gasteiger partial charge is 0.486 e. The summed E-state index contributed by atoms with van der Waals surface area (Å²) in [7, 11) is 0. The molecule has 1 aliphatic heterocycles. The van der Waals surface area contributed by atoms with Crippen LogP contribution in [0.4, 0.5) is 0 Å². The van der Waals surface area contributed by atoms with Crippen LogP contribution in [0.25, 0.3) is 11.0 Å². The third-order valence-corrected chi connectivity index (χ3v) is 5.02. The smallest absolute Gasteiger partial charge is 0.330 e. The molecule has 0 atom stereocenters. The molecule has 2 aromatic heterocycles. The lowest BCUT2D eigenvalue weighted by Crippen LogP contribution is -2.32. The van der Waals surface area contributed by atoms with Gasteiger partial charge in [-0.15, -0.1) is 0 Å². The van der Waals surface area contributed by atoms with Gasteiger partial charge in [0.2, 0.25) is 0 Å². The number of fused-ring (bicyclic) bond motifs is 4. The Morgan fingerprint density at radius 1 is 1.12 bits per heavy atom. The van der Waals surface area contributed by atoms with Crippen LogP contribution in [0.2, 0.25) is 0 Å². The molecule has 3 heterocycles. The van der Waals surface area contributed by atoms with Crippen LogP contribution in [0.1, 0.15) is 23.1 Å². The van der Waals surface area contributed by atoms with E-state index in [0.717, 1.165) is 36.0 Å². The van der Waals surface area contributed by atoms with E-state index >= 15 is 0 Å². The second kappa shape index (κ2) is 5.72. The molecule has 132 valence electrons. The van der Waals surface area contributed by atoms with Crippen LogP contribution in [0.5, 0.6) is 11.5 Å². The lowest BCUT2D eigenvalue weighted by atomic mass is 10.1. The number of hydrogen-bond acceptors (Lipinski definition) is 5. The summed E-state index contributed by atoms with van der Waals surface area (Å²) in [5, 5.41) is 0.539. The van der Waals surface area contributed by atoms with Gasteiger partial charge in [-0.2, -0.15) is 0 Å². The van der Waals surface area contributed by atoms with Crippen LogP contribution in [-0.2, 0) is 19.4 Å². The Morgan fingerprint density at radius 3 is 2.85 bits per heavy atom. The van der Waals surface area contributed by atoms with Gasteiger partial charge in [-0.1, -0.05) is 6.07 Å². The van der Waals surface area contributed by atoms with Crippen molar-refractivity contribution in [1.29, 1.82) is 0 Å². The summed E-state index contributed by atoms with van der Waals surface area (Å²) in [5.41, 5.74) is 2.64. The minimum Gasteiger partial charge on any atom is -0.486 e. The maximum absolute atomic E-state index is 12.5. The predicted octanol–water partition coefficient (Wildman–Crippen LogP) is 1.39. The molecule has 2 aliphatic rings. The number of aryl methyl sites for hydroxylation is 2. The molecule has 1 N–H and O–H groups in total. The molecule has 26 heavy (non-hydrogen) atoms. The van der Waals surface area contributed by atoms with Gasteiger partial charge >= 0.3 is 5.69 Å². The van der Waals surface area contributed by atoms with E-state index in [1.54, 1.807) is 6.20 Å². The van der Waals surface area contributed by atoms with Crippen molar-refractivity contribution in [3.63, 3.8) is 0 Å². The van der Waals surface area contributed by atoms with Crippen LogP contribution in [-0.4, -0.2) is 27.7 Å². The van der Waals surface area contributed by atoms with Gasteiger partial charge in [-0.25, -0.2) is 9.78 Å². The predicted molar refractivity (Wildman–Crippen MR) is 95.2 cm³/mol. The average molecular weight is 351 g/mol. The summed E-state index contributed by atoms with van der Waals surface area (Å²) >= 11 is 0. The Labute approximate surface area is 148 Å². The molecule has 1 aromatic carbocycles. The Morgan fingerprint density at radius 2 is 1.96 bits per heavy atom. The van der Waals surface area contributed by atoms with Crippen molar-refractivity contribution in [3.8, 4) is 11.5 Å². The van der Waals surface area contributed by atoms with Gasteiger partial charge in [-0.3, -0.25) is 14.3 Å². The van der Waals surface area contributed by atoms with Gasteiger partial charge in [0, 0.05) is 6.20 Å². The minimum absolute atomic E-state index is 0.300. The number of H-pyrrole nitrogens is 1. The monoisotopic (exact) mass is 351 g/mol. The number of hydrogen-bond donors (Lipinski definition) is 1. The van der Waals surface area contributed by atoms with Gasteiger partial charge in [0.25, 0.3) is 5.56 Å². The number of nitrogens with zero attached hydrogens (tertiary/aromatic N) is 2. The number of rotatable bonds is 2. The first-order valence-electron chi connectivity index (χ1n) is 8.73. The van der Waals surface area contributed by atoms with Gasteiger partial charge in [-0.05, 0) is 48.1 Å². The summed E-state index contributed by atoms with van der Waals surface area (Å²) in [6.45, 7) is 1.34. The number of ether oxygens (including phenoxy) is 2. The van der Waals surface area contributed by atoms with Crippen LogP contribution >= 0.6 is 0 Å². The standard InChI is InChI=1S/C19H17N3O4/c23-18-16-13-3-1-2-12(13)9-20-17(16)22(19(24)21-18)10-11-4-5-14-15(8-11)26-7-6-25-14/h4-5,8-9H,1-3,6-7,10H2,(H,21,23,24). The van der Waals surface area contributed by atoms with E-state index in [1.165, 1.54) is 4.57 Å². The van der Waals surface area contributed by atoms with Crippen molar-refractivity contribution in [3.05, 3.63) is 61.9 Å². The lowest BCUT2D eigenvalue weighted by Gasteiger charge is -2.19. The highest BCUT2D eigenvalue weighted by molar-refractivity contribution is 5.79. The number of pyridine rings is 1. The van der Waals surface area contributed by atoms with E-state index in [2.05, 4.69) is 9.97 Å². The highest BCUT2D eigenvalue weighted by Crippen LogP contribution is 2.31. The highest BCUT2D eigenvalue weighted by Gasteiger charge is 2.20. The van der Waals surface area contributed by atoms with Crippen molar-refractivity contribution in [2.75, 3.05) is 13.2 Å². The molecule has 0 unspecified atom stereocenters. The zero-order valence-corrected chi connectivity index (χ0v) is 14.1. The van der Waals surface area contributed by atoms with E-state index < -0.39 is 5.69 Å². The average Bonchev–Trinajstić information content (AvgIpc) is 3.13. The van der Waals surface area contributed by atoms with Crippen LogP contribution in [0.3, 0.4) is 0 Å². The second-order valence-corrected chi connectivity index (χ2v) is 6.64. The summed E-state index contributed by atoms with van der Waals surface area (Å²) < 4.78 is 12.7. The Kier molecular flexibility index (Phi) is 3.34. The Bertz CT molecular complexity index is 1150. The molecule has 0 amide bonds. The first kappa shape index (κ1) is 15.2. The van der Waals surface area contributed by atoms with Crippen LogP contribution < -0.4 is 20.7 Å². The topological polar surface area (TPSA) is 86.2 Å². The first-order chi connectivity index (χ1) is 12.7. The molecular weight excluding hydrogens is 334 g/mol. The molecule has 0 fully saturated rings. The quantitative estimate of drug-likeness (QED) is 0.754. The summed E-state index contributed by atoms with van der Waals surface area (Å²) in [6, 6.07) is 5.60. The molecule has 5 rings (SSSR count). The summed E-state index contributed by atoms with van der Waals surface area (Å²) in [6.07, 6.45) is 4.58. The molecule has 7 nitrogen and oxygen atoms in total. The lowest BCUT2D eigenvalue weighted by molar-refractivity contribution is 0.171. The van der Waals surface area contributed by atoms with E-state index in [4.69, 9.17) is 9.47 Å². The summed E-state index contributed by atoms with van der Waals surface area (Å²) in [5.74, 6) is 1.37. The van der Waals surface area contributed by atoms with Crippen molar-refractivity contribution in [2.45, 2.75) is 25.8 Å². The maximum Gasteiger partial charge on any atom is 0.330 e. The fourth-order valence-corrected chi connectivity index (χ4v) is 3.82. The summed E-state index contributed by atoms with van der Waals surface area (Å²) in [4.78, 5) is 31.8. The molecular formula is C19H17N3O4. The number of benzene rings is 1. The SMILES string of the molecule is O=c1[nH]c(=O)n(Cc2ccc3c(c2)OCCO3)c2ncc3c(c12)CCC3. The zero-order chi connectivity index (χ0) is 17.7. The van der Waals surface area contributed by atoms with Crippen molar-refractivity contribution in [1.82, 2.24) is 14.5 Å². The highest BCUT2D eigenvalue weighted by atomic mass is 16.6. The zero-order valence-electron chi connectivity index (χ0n) is 14.1. The van der Waals surface area contributed by atoms with Crippen LogP contribution in [0, 0.1) is 0 Å². The molecule has 0 spiro atoms. The van der Waals surface area contributed by atoms with E-state index in [0.29, 0.717) is 42.3 Å². The fraction of sp³-hybridized carbons (Fsp3) is 0.316. The third kappa shape index (κ3) is 2.31. The van der Waals surface area contributed by atoms with Crippen molar-refractivity contribution in [2.24, 2.45) is 0 Å². The van der Waals surface area contributed by atoms with Gasteiger partial charge in [0.05, 0.1) is 11.9 Å². The molecule has 0 saturated heterocycles. The van der Waals surface area contributed by atoms with Crippen molar-refractivity contribution >= 4 is 11.0 Å². The second-order valence-electron chi connectivity index (χ2n) is 6.64. The molecule has 7 heteroatoms. The normalized spacial score (nSPS) is 15.2. The Hall–Kier alpha value is -3.09. The first-order valence-corrected chi connectivity index (χ1v) is 8.73. The molecule has 0 bridgehead atoms. The van der Waals surface area contributed by atoms with Crippen molar-refractivity contribution < 1.29 is 9.47 Å². The van der Waals surface area contributed by atoms with E-state index in [1.807, 2.05) is 18.2 Å². The molecule has 1 aliphatic carbocycles. The number of aromatic amines is 1. The third-order valence-electron chi connectivity index (χ3n) is 5.02. The van der Waals surface area contributed by atoms with Crippen LogP contribution in [0.15, 0.2) is 34.0 Å². The minimum atomic E-state index is -0.456. The number of nitrogens with one attached hydrogen (secondary N) is 1. The Balaban J connectivity index is 1.65. The number of aromatic nitrogens is 3.